The van der Waals surface area contributed by atoms with Gasteiger partial charge >= 0.3 is 24.2 Å². The maximum Gasteiger partial charge on any atom is 0.435 e. The van der Waals surface area contributed by atoms with Gasteiger partial charge in [-0.3, -0.25) is 9.59 Å². The lowest BCUT2D eigenvalue weighted by Gasteiger charge is -2.31. The molecular formula is C24H13BrClF10N3O2. The Labute approximate surface area is 237 Å². The van der Waals surface area contributed by atoms with Gasteiger partial charge in [0.15, 0.2) is 0 Å². The molecule has 0 saturated heterocycles. The monoisotopic (exact) mass is 679 g/mol. The number of halogens is 12. The van der Waals surface area contributed by atoms with Crippen LogP contribution in [0.15, 0.2) is 60.8 Å². The number of hydrogen-bond acceptors (Lipinski definition) is 3. The molecule has 3 rings (SSSR count). The van der Waals surface area contributed by atoms with E-state index in [2.05, 4.69) is 21.1 Å². The highest BCUT2D eigenvalue weighted by atomic mass is 79.9. The second-order valence-electron chi connectivity index (χ2n) is 8.25. The summed E-state index contributed by atoms with van der Waals surface area (Å²) in [6, 6.07) is 6.77. The minimum Gasteiger partial charge on any atom is -0.311 e. The summed E-state index contributed by atoms with van der Waals surface area (Å²) in [5.74, 6) is -1.88. The second-order valence-corrected chi connectivity index (χ2v) is 9.35. The number of hydrogen-bond donors (Lipinski definition) is 0. The zero-order valence-corrected chi connectivity index (χ0v) is 22.3. The van der Waals surface area contributed by atoms with Gasteiger partial charge in [-0.2, -0.15) is 39.5 Å². The molecule has 0 spiro atoms. The summed E-state index contributed by atoms with van der Waals surface area (Å²) in [6.07, 6.45) is -17.8. The molecule has 0 unspecified atom stereocenters. The Hall–Kier alpha value is -3.40. The number of pyridine rings is 1. The molecule has 0 aliphatic heterocycles. The number of nitrogens with zero attached hydrogens (tertiary/aromatic N) is 3. The van der Waals surface area contributed by atoms with E-state index in [4.69, 9.17) is 11.6 Å². The van der Waals surface area contributed by atoms with Crippen LogP contribution in [-0.4, -0.2) is 36.2 Å². The molecule has 220 valence electrons. The molecule has 0 aliphatic carbocycles. The number of rotatable bonds is 5. The van der Waals surface area contributed by atoms with E-state index in [1.54, 1.807) is 0 Å². The average Bonchev–Trinajstić information content (AvgIpc) is 2.89. The highest BCUT2D eigenvalue weighted by molar-refractivity contribution is 9.10. The number of alkyl halides is 10. The first-order valence-electron chi connectivity index (χ1n) is 10.7. The molecule has 1 heterocycles. The zero-order valence-electron chi connectivity index (χ0n) is 20.0. The van der Waals surface area contributed by atoms with Crippen molar-refractivity contribution in [3.05, 3.63) is 88.2 Å². The van der Waals surface area contributed by atoms with Gasteiger partial charge in [-0.1, -0.05) is 23.7 Å². The van der Waals surface area contributed by atoms with E-state index in [0.717, 1.165) is 17.0 Å². The number of anilines is 2. The summed E-state index contributed by atoms with van der Waals surface area (Å²) < 4.78 is 135. The molecular weight excluding hydrogens is 668 g/mol. The molecule has 5 nitrogen and oxygen atoms in total. The molecule has 0 bridgehead atoms. The van der Waals surface area contributed by atoms with Crippen LogP contribution in [-0.2, 0) is 11.8 Å². The molecule has 17 heteroatoms. The van der Waals surface area contributed by atoms with Gasteiger partial charge in [0.2, 0.25) is 0 Å². The van der Waals surface area contributed by atoms with E-state index in [1.165, 1.54) is 37.5 Å². The first-order chi connectivity index (χ1) is 18.7. The third-order valence-electron chi connectivity index (χ3n) is 5.63. The van der Waals surface area contributed by atoms with Gasteiger partial charge in [0.05, 0.1) is 33.0 Å². The van der Waals surface area contributed by atoms with Gasteiger partial charge < -0.3 is 4.90 Å². The van der Waals surface area contributed by atoms with Crippen molar-refractivity contribution in [3.63, 3.8) is 0 Å². The summed E-state index contributed by atoms with van der Waals surface area (Å²) in [7, 11) is 1.30. The van der Waals surface area contributed by atoms with Gasteiger partial charge in [-0.05, 0) is 42.5 Å². The molecule has 0 N–H and O–H groups in total. The van der Waals surface area contributed by atoms with Gasteiger partial charge in [0.25, 0.3) is 11.8 Å². The second kappa shape index (κ2) is 11.1. The van der Waals surface area contributed by atoms with Crippen molar-refractivity contribution < 1.29 is 53.5 Å². The first-order valence-corrected chi connectivity index (χ1v) is 11.8. The fourth-order valence-corrected chi connectivity index (χ4v) is 4.15. The molecule has 2 aromatic carbocycles. The van der Waals surface area contributed by atoms with E-state index >= 15 is 0 Å². The van der Waals surface area contributed by atoms with E-state index < -0.39 is 58.9 Å². The standard InChI is InChI=1S/C24H13BrClF10N3O2/c1-38(19(40)13-5-8-18(26)37-11-13)15-4-2-3-12(9-15)20(41)39(25)17-7-6-14(10-16(17)22(28,29)30)21(27,23(31,32)33)24(34,35)36/h2-11H,1H3. The summed E-state index contributed by atoms with van der Waals surface area (Å²) in [5.41, 5.74) is -12.1. The number of amides is 2. The van der Waals surface area contributed by atoms with E-state index in [9.17, 15) is 53.5 Å². The number of aromatic nitrogens is 1. The van der Waals surface area contributed by atoms with Crippen molar-refractivity contribution in [3.8, 4) is 0 Å². The lowest BCUT2D eigenvalue weighted by Crippen LogP contribution is -2.50. The molecule has 1 aromatic heterocycles. The van der Waals surface area contributed by atoms with E-state index in [0.29, 0.717) is 0 Å². The van der Waals surface area contributed by atoms with Crippen molar-refractivity contribution in [2.75, 3.05) is 15.9 Å². The Bertz CT molecular complexity index is 1450. The van der Waals surface area contributed by atoms with Crippen LogP contribution in [0.5, 0.6) is 0 Å². The summed E-state index contributed by atoms with van der Waals surface area (Å²) in [6.45, 7) is 0. The maximum absolute atomic E-state index is 14.4. The normalized spacial score (nSPS) is 12.7. The van der Waals surface area contributed by atoms with Crippen LogP contribution < -0.4 is 8.83 Å². The van der Waals surface area contributed by atoms with Crippen LogP contribution in [0.4, 0.5) is 55.3 Å². The quantitative estimate of drug-likeness (QED) is 0.155. The van der Waals surface area contributed by atoms with Crippen LogP contribution >= 0.6 is 27.7 Å². The predicted molar refractivity (Wildman–Crippen MR) is 130 cm³/mol. The molecule has 3 aromatic rings. The Morgan fingerprint density at radius 2 is 1.41 bits per heavy atom. The molecule has 0 saturated carbocycles. The van der Waals surface area contributed by atoms with Crippen LogP contribution in [0, 0.1) is 0 Å². The van der Waals surface area contributed by atoms with Crippen LogP contribution in [0.1, 0.15) is 31.8 Å². The fraction of sp³-hybridized carbons (Fsp3) is 0.208. The van der Waals surface area contributed by atoms with E-state index in [1.807, 2.05) is 0 Å². The third kappa shape index (κ3) is 6.27. The summed E-state index contributed by atoms with van der Waals surface area (Å²) in [4.78, 5) is 30.6. The third-order valence-corrected chi connectivity index (χ3v) is 6.56. The predicted octanol–water partition coefficient (Wildman–Crippen LogP) is 8.28. The highest BCUT2D eigenvalue weighted by Crippen LogP contribution is 2.54. The topological polar surface area (TPSA) is 53.5 Å². The van der Waals surface area contributed by atoms with Gasteiger partial charge in [-0.25, -0.2) is 13.3 Å². The Morgan fingerprint density at radius 3 is 1.93 bits per heavy atom. The summed E-state index contributed by atoms with van der Waals surface area (Å²) >= 11 is 8.25. The van der Waals surface area contributed by atoms with Crippen molar-refractivity contribution in [2.24, 2.45) is 0 Å². The zero-order chi connectivity index (χ0) is 31.1. The molecule has 0 atom stereocenters. The van der Waals surface area contributed by atoms with Crippen molar-refractivity contribution >= 4 is 50.9 Å². The largest absolute Gasteiger partial charge is 0.435 e. The smallest absolute Gasteiger partial charge is 0.311 e. The highest BCUT2D eigenvalue weighted by Gasteiger charge is 2.73. The molecule has 0 fully saturated rings. The van der Waals surface area contributed by atoms with Crippen LogP contribution in [0.2, 0.25) is 5.15 Å². The molecule has 0 aliphatic rings. The Morgan fingerprint density at radius 1 is 0.805 bits per heavy atom. The molecule has 0 radical (unpaired) electrons. The van der Waals surface area contributed by atoms with Crippen molar-refractivity contribution in [2.45, 2.75) is 24.2 Å². The average molecular weight is 681 g/mol. The lowest BCUT2D eigenvalue weighted by atomic mass is 9.92. The maximum atomic E-state index is 14.4. The molecule has 2 amide bonds. The van der Waals surface area contributed by atoms with Crippen LogP contribution in [0.3, 0.4) is 0 Å². The minimum absolute atomic E-state index is 0.0701. The Kier molecular flexibility index (Phi) is 8.71. The summed E-state index contributed by atoms with van der Waals surface area (Å²) in [5, 5.41) is 0.106. The Balaban J connectivity index is 2.02. The van der Waals surface area contributed by atoms with Crippen molar-refractivity contribution in [1.29, 1.82) is 0 Å². The van der Waals surface area contributed by atoms with Gasteiger partial charge in [0, 0.05) is 30.1 Å². The first kappa shape index (κ1) is 32.1. The lowest BCUT2D eigenvalue weighted by molar-refractivity contribution is -0.348. The van der Waals surface area contributed by atoms with Crippen molar-refractivity contribution in [1.82, 2.24) is 4.98 Å². The van der Waals surface area contributed by atoms with Crippen LogP contribution in [0.25, 0.3) is 0 Å². The fourth-order valence-electron chi connectivity index (χ4n) is 3.52. The number of carbonyl (C=O) groups is 2. The van der Waals surface area contributed by atoms with E-state index in [-0.39, 0.29) is 38.0 Å². The van der Waals surface area contributed by atoms with Gasteiger partial charge in [-0.15, -0.1) is 0 Å². The molecule has 41 heavy (non-hydrogen) atoms. The van der Waals surface area contributed by atoms with Gasteiger partial charge in [0.1, 0.15) is 5.15 Å². The number of carbonyl (C=O) groups excluding carboxylic acids is 2. The minimum atomic E-state index is -6.66. The SMILES string of the molecule is CN(C(=O)c1ccc(Cl)nc1)c1cccc(C(=O)N(Br)c2ccc(C(F)(C(F)(F)F)C(F)(F)F)cc2C(F)(F)F)c1. The number of benzene rings is 2.